The fourth-order valence-electron chi connectivity index (χ4n) is 1.19. The van der Waals surface area contributed by atoms with E-state index in [2.05, 4.69) is 0 Å². The minimum Gasteiger partial charge on any atom is -0.478 e. The van der Waals surface area contributed by atoms with E-state index in [9.17, 15) is 9.18 Å². The van der Waals surface area contributed by atoms with Gasteiger partial charge in [-0.2, -0.15) is 0 Å². The van der Waals surface area contributed by atoms with E-state index in [4.69, 9.17) is 10.5 Å². The van der Waals surface area contributed by atoms with Crippen molar-refractivity contribution in [2.45, 2.75) is 6.92 Å². The van der Waals surface area contributed by atoms with Crippen molar-refractivity contribution >= 4 is 17.3 Å². The molecular formula is C11H10FNO2. The zero-order chi connectivity index (χ0) is 11.4. The zero-order valence-electron chi connectivity index (χ0n) is 8.12. The molecule has 3 nitrogen and oxygen atoms in total. The topological polar surface area (TPSA) is 61.2 Å². The SMILES string of the molecule is CC(=N)/C(=C/C(=O)O)c1cccc(F)c1. The Labute approximate surface area is 86.4 Å². The second kappa shape index (κ2) is 4.50. The average Bonchev–Trinajstić information content (AvgIpc) is 2.13. The van der Waals surface area contributed by atoms with Crippen LogP contribution in [0.4, 0.5) is 4.39 Å². The van der Waals surface area contributed by atoms with Crippen LogP contribution in [0.1, 0.15) is 12.5 Å². The molecular weight excluding hydrogens is 197 g/mol. The van der Waals surface area contributed by atoms with E-state index in [-0.39, 0.29) is 11.3 Å². The molecule has 1 aromatic rings. The third-order valence-corrected chi connectivity index (χ3v) is 1.81. The van der Waals surface area contributed by atoms with E-state index < -0.39 is 11.8 Å². The van der Waals surface area contributed by atoms with Gasteiger partial charge in [0.2, 0.25) is 0 Å². The van der Waals surface area contributed by atoms with Gasteiger partial charge in [-0.1, -0.05) is 12.1 Å². The number of hydrogen-bond acceptors (Lipinski definition) is 2. The summed E-state index contributed by atoms with van der Waals surface area (Å²) in [6.45, 7) is 1.46. The van der Waals surface area contributed by atoms with E-state index in [1.807, 2.05) is 0 Å². The molecule has 78 valence electrons. The Morgan fingerprint density at radius 3 is 2.67 bits per heavy atom. The molecule has 0 fully saturated rings. The van der Waals surface area contributed by atoms with E-state index in [1.54, 1.807) is 6.07 Å². The maximum atomic E-state index is 12.9. The number of benzene rings is 1. The highest BCUT2D eigenvalue weighted by Crippen LogP contribution is 2.16. The largest absolute Gasteiger partial charge is 0.478 e. The van der Waals surface area contributed by atoms with Gasteiger partial charge >= 0.3 is 5.97 Å². The predicted molar refractivity (Wildman–Crippen MR) is 55.4 cm³/mol. The van der Waals surface area contributed by atoms with Crippen LogP contribution in [0.5, 0.6) is 0 Å². The summed E-state index contributed by atoms with van der Waals surface area (Å²) in [4.78, 5) is 10.5. The molecule has 0 aliphatic heterocycles. The number of carboxylic acid groups (broad SMARTS) is 1. The van der Waals surface area contributed by atoms with Gasteiger partial charge in [-0.15, -0.1) is 0 Å². The first-order valence-corrected chi connectivity index (χ1v) is 4.27. The lowest BCUT2D eigenvalue weighted by Crippen LogP contribution is -2.00. The number of carbonyl (C=O) groups is 1. The van der Waals surface area contributed by atoms with Crippen molar-refractivity contribution in [2.24, 2.45) is 0 Å². The molecule has 15 heavy (non-hydrogen) atoms. The monoisotopic (exact) mass is 207 g/mol. The Bertz CT molecular complexity index is 438. The average molecular weight is 207 g/mol. The van der Waals surface area contributed by atoms with Gasteiger partial charge in [0.1, 0.15) is 5.82 Å². The summed E-state index contributed by atoms with van der Waals surface area (Å²) in [5.74, 6) is -1.61. The maximum absolute atomic E-state index is 12.9. The first kappa shape index (κ1) is 11.1. The second-order valence-electron chi connectivity index (χ2n) is 3.03. The molecule has 4 heteroatoms. The smallest absolute Gasteiger partial charge is 0.328 e. The molecule has 0 saturated carbocycles. The molecule has 0 spiro atoms. The number of nitrogens with one attached hydrogen (secondary N) is 1. The molecule has 0 aromatic heterocycles. The Kier molecular flexibility index (Phi) is 3.33. The first-order chi connectivity index (χ1) is 7.00. The fraction of sp³-hybridized carbons (Fsp3) is 0.0909. The Balaban J connectivity index is 3.22. The molecule has 0 atom stereocenters. The first-order valence-electron chi connectivity index (χ1n) is 4.27. The van der Waals surface area contributed by atoms with Gasteiger partial charge in [0.05, 0.1) is 0 Å². The second-order valence-corrected chi connectivity index (χ2v) is 3.03. The quantitative estimate of drug-likeness (QED) is 0.590. The fourth-order valence-corrected chi connectivity index (χ4v) is 1.19. The normalized spacial score (nSPS) is 11.2. The molecule has 0 unspecified atom stereocenters. The van der Waals surface area contributed by atoms with Gasteiger partial charge in [0.15, 0.2) is 0 Å². The van der Waals surface area contributed by atoms with Crippen molar-refractivity contribution in [3.05, 3.63) is 41.7 Å². The third-order valence-electron chi connectivity index (χ3n) is 1.81. The summed E-state index contributed by atoms with van der Waals surface area (Å²) >= 11 is 0. The minimum atomic E-state index is -1.15. The van der Waals surface area contributed by atoms with Crippen LogP contribution in [0.25, 0.3) is 5.57 Å². The van der Waals surface area contributed by atoms with Gasteiger partial charge in [0, 0.05) is 17.4 Å². The summed E-state index contributed by atoms with van der Waals surface area (Å²) in [6.07, 6.45) is 0.900. The summed E-state index contributed by atoms with van der Waals surface area (Å²) in [6, 6.07) is 5.51. The molecule has 0 heterocycles. The van der Waals surface area contributed by atoms with Crippen LogP contribution in [-0.4, -0.2) is 16.8 Å². The molecule has 0 amide bonds. The Morgan fingerprint density at radius 2 is 2.20 bits per heavy atom. The Hall–Kier alpha value is -1.97. The summed E-state index contributed by atoms with van der Waals surface area (Å²) in [7, 11) is 0. The summed E-state index contributed by atoms with van der Waals surface area (Å²) in [5.41, 5.74) is 0.690. The number of halogens is 1. The lowest BCUT2D eigenvalue weighted by Gasteiger charge is -2.04. The van der Waals surface area contributed by atoms with Crippen LogP contribution >= 0.6 is 0 Å². The van der Waals surface area contributed by atoms with E-state index in [1.165, 1.54) is 25.1 Å². The van der Waals surface area contributed by atoms with Crippen molar-refractivity contribution in [3.63, 3.8) is 0 Å². The highest BCUT2D eigenvalue weighted by molar-refractivity contribution is 6.24. The van der Waals surface area contributed by atoms with Crippen LogP contribution in [-0.2, 0) is 4.79 Å². The van der Waals surface area contributed by atoms with Crippen molar-refractivity contribution in [1.82, 2.24) is 0 Å². The third kappa shape index (κ3) is 3.02. The van der Waals surface area contributed by atoms with Crippen molar-refractivity contribution in [1.29, 1.82) is 5.41 Å². The number of hydrogen-bond donors (Lipinski definition) is 2. The molecule has 2 N–H and O–H groups in total. The van der Waals surface area contributed by atoms with Crippen molar-refractivity contribution in [2.75, 3.05) is 0 Å². The zero-order valence-corrected chi connectivity index (χ0v) is 8.12. The van der Waals surface area contributed by atoms with Crippen LogP contribution in [0.3, 0.4) is 0 Å². The highest BCUT2D eigenvalue weighted by Gasteiger charge is 2.07. The van der Waals surface area contributed by atoms with Crippen LogP contribution in [0.2, 0.25) is 0 Å². The maximum Gasteiger partial charge on any atom is 0.328 e. The standard InChI is InChI=1S/C11H10FNO2/c1-7(13)10(6-11(14)15)8-3-2-4-9(12)5-8/h2-6,13H,1H3,(H,14,15)/b10-6-,13-7?. The van der Waals surface area contributed by atoms with Crippen molar-refractivity contribution < 1.29 is 14.3 Å². The van der Waals surface area contributed by atoms with Crippen LogP contribution < -0.4 is 0 Å². The van der Waals surface area contributed by atoms with Gasteiger partial charge in [0.25, 0.3) is 0 Å². The van der Waals surface area contributed by atoms with Gasteiger partial charge in [-0.3, -0.25) is 0 Å². The number of aliphatic carboxylic acids is 1. The number of carboxylic acids is 1. The van der Waals surface area contributed by atoms with Gasteiger partial charge in [-0.25, -0.2) is 9.18 Å². The van der Waals surface area contributed by atoms with E-state index in [0.717, 1.165) is 6.08 Å². The molecule has 0 saturated heterocycles. The van der Waals surface area contributed by atoms with Crippen LogP contribution in [0.15, 0.2) is 30.3 Å². The lowest BCUT2D eigenvalue weighted by molar-refractivity contribution is -0.131. The Morgan fingerprint density at radius 1 is 1.53 bits per heavy atom. The summed E-state index contributed by atoms with van der Waals surface area (Å²) in [5, 5.41) is 16.0. The van der Waals surface area contributed by atoms with Crippen molar-refractivity contribution in [3.8, 4) is 0 Å². The summed E-state index contributed by atoms with van der Waals surface area (Å²) < 4.78 is 12.9. The number of allylic oxidation sites excluding steroid dienone is 1. The molecule has 0 bridgehead atoms. The minimum absolute atomic E-state index is 0.0861. The molecule has 1 aromatic carbocycles. The number of rotatable bonds is 3. The molecule has 0 aliphatic carbocycles. The highest BCUT2D eigenvalue weighted by atomic mass is 19.1. The van der Waals surface area contributed by atoms with Gasteiger partial charge < -0.3 is 10.5 Å². The van der Waals surface area contributed by atoms with Crippen LogP contribution in [0, 0.1) is 11.2 Å². The van der Waals surface area contributed by atoms with E-state index in [0.29, 0.717) is 5.56 Å². The predicted octanol–water partition coefficient (Wildman–Crippen LogP) is 2.33. The van der Waals surface area contributed by atoms with E-state index >= 15 is 0 Å². The van der Waals surface area contributed by atoms with Gasteiger partial charge in [-0.05, 0) is 24.6 Å². The molecule has 0 radical (unpaired) electrons. The molecule has 0 aliphatic rings. The molecule has 1 rings (SSSR count). The lowest BCUT2D eigenvalue weighted by atomic mass is 10.0.